The number of hydrogen-bond donors (Lipinski definition) is 1. The molecule has 130 valence electrons. The van der Waals surface area contributed by atoms with Gasteiger partial charge in [-0.15, -0.1) is 0 Å². The van der Waals surface area contributed by atoms with Crippen LogP contribution in [-0.2, 0) is 9.59 Å². The summed E-state index contributed by atoms with van der Waals surface area (Å²) in [4.78, 5) is 39.5. The number of ketones is 1. The first kappa shape index (κ1) is 17.9. The highest BCUT2D eigenvalue weighted by Gasteiger charge is 2.53. The molecule has 24 heavy (non-hydrogen) atoms. The van der Waals surface area contributed by atoms with Crippen LogP contribution in [0.4, 0.5) is 13.2 Å². The van der Waals surface area contributed by atoms with Crippen molar-refractivity contribution >= 4 is 17.7 Å². The molecular formula is C15H15F3N2O4. The predicted molar refractivity (Wildman–Crippen MR) is 75.1 cm³/mol. The summed E-state index contributed by atoms with van der Waals surface area (Å²) in [6, 6.07) is 4.70. The number of Topliss-reactive ketones (excluding diaryl/α,β-unsaturated/α-hetero) is 1. The Labute approximate surface area is 135 Å². The van der Waals surface area contributed by atoms with E-state index < -0.39 is 48.8 Å². The fourth-order valence-corrected chi connectivity index (χ4v) is 2.62. The molecule has 1 aromatic heterocycles. The van der Waals surface area contributed by atoms with Crippen LogP contribution in [0.3, 0.4) is 0 Å². The Morgan fingerprint density at radius 2 is 1.92 bits per heavy atom. The molecule has 0 saturated carbocycles. The third kappa shape index (κ3) is 4.09. The van der Waals surface area contributed by atoms with Crippen molar-refractivity contribution in [3.63, 3.8) is 0 Å². The van der Waals surface area contributed by atoms with Gasteiger partial charge >= 0.3 is 12.1 Å². The van der Waals surface area contributed by atoms with Gasteiger partial charge in [-0.3, -0.25) is 19.4 Å². The van der Waals surface area contributed by atoms with Crippen LogP contribution >= 0.6 is 0 Å². The predicted octanol–water partition coefficient (Wildman–Crippen LogP) is 1.77. The van der Waals surface area contributed by atoms with Crippen molar-refractivity contribution in [3.8, 4) is 0 Å². The summed E-state index contributed by atoms with van der Waals surface area (Å²) >= 11 is 0. The summed E-state index contributed by atoms with van der Waals surface area (Å²) in [5.41, 5.74) is 0.170. The standard InChI is InChI=1S/C15H15F3N2O4/c16-15(17,18)10-8-20(7-9(10)14(23)24)13(22)5-4-12(21)11-3-1-2-6-19-11/h1-3,6,9-10H,4-5,7-8H2,(H,23,24)/t9-,10-/m1/s1. The molecule has 0 aromatic carbocycles. The van der Waals surface area contributed by atoms with Gasteiger partial charge in [0.05, 0.1) is 11.8 Å². The van der Waals surface area contributed by atoms with Crippen LogP contribution in [0.15, 0.2) is 24.4 Å². The van der Waals surface area contributed by atoms with Crippen LogP contribution in [0.5, 0.6) is 0 Å². The lowest BCUT2D eigenvalue weighted by atomic mass is 9.96. The molecule has 1 amide bonds. The van der Waals surface area contributed by atoms with E-state index in [-0.39, 0.29) is 18.5 Å². The van der Waals surface area contributed by atoms with Crippen molar-refractivity contribution in [1.82, 2.24) is 9.88 Å². The lowest BCUT2D eigenvalue weighted by Gasteiger charge is -2.18. The highest BCUT2D eigenvalue weighted by Crippen LogP contribution is 2.37. The number of pyridine rings is 1. The molecule has 9 heteroatoms. The average molecular weight is 344 g/mol. The molecule has 0 spiro atoms. The molecule has 1 fully saturated rings. The third-order valence-electron chi connectivity index (χ3n) is 3.93. The second kappa shape index (κ2) is 6.98. The van der Waals surface area contributed by atoms with Crippen molar-refractivity contribution in [1.29, 1.82) is 0 Å². The second-order valence-corrected chi connectivity index (χ2v) is 5.53. The summed E-state index contributed by atoms with van der Waals surface area (Å²) in [6.45, 7) is -1.20. The van der Waals surface area contributed by atoms with Gasteiger partial charge in [0.1, 0.15) is 5.69 Å². The number of likely N-dealkylation sites (tertiary alicyclic amines) is 1. The quantitative estimate of drug-likeness (QED) is 0.823. The lowest BCUT2D eigenvalue weighted by Crippen LogP contribution is -2.34. The number of carbonyl (C=O) groups excluding carboxylic acids is 2. The number of halogens is 3. The number of hydrogen-bond acceptors (Lipinski definition) is 4. The molecule has 1 N–H and O–H groups in total. The van der Waals surface area contributed by atoms with Gasteiger partial charge in [-0.1, -0.05) is 6.07 Å². The van der Waals surface area contributed by atoms with Crippen LogP contribution in [0.2, 0.25) is 0 Å². The van der Waals surface area contributed by atoms with Crippen LogP contribution in [0.1, 0.15) is 23.3 Å². The molecule has 2 heterocycles. The molecule has 6 nitrogen and oxygen atoms in total. The zero-order chi connectivity index (χ0) is 17.9. The molecule has 0 radical (unpaired) electrons. The van der Waals surface area contributed by atoms with Gasteiger partial charge in [-0.2, -0.15) is 13.2 Å². The SMILES string of the molecule is O=C(CCC(=O)N1C[C@@H](C(F)(F)F)[C@H](C(=O)O)C1)c1ccccn1. The topological polar surface area (TPSA) is 87.6 Å². The summed E-state index contributed by atoms with van der Waals surface area (Å²) in [5, 5.41) is 8.91. The number of aliphatic carboxylic acids is 1. The molecule has 2 atom stereocenters. The van der Waals surface area contributed by atoms with E-state index in [1.165, 1.54) is 12.3 Å². The molecule has 0 unspecified atom stereocenters. The first-order chi connectivity index (χ1) is 11.2. The number of rotatable bonds is 5. The summed E-state index contributed by atoms with van der Waals surface area (Å²) < 4.78 is 38.6. The minimum Gasteiger partial charge on any atom is -0.481 e. The van der Waals surface area contributed by atoms with E-state index in [9.17, 15) is 27.6 Å². The lowest BCUT2D eigenvalue weighted by molar-refractivity contribution is -0.188. The van der Waals surface area contributed by atoms with Gasteiger partial charge < -0.3 is 10.0 Å². The molecule has 1 aromatic rings. The van der Waals surface area contributed by atoms with Crippen LogP contribution in [0, 0.1) is 11.8 Å². The number of amides is 1. The molecule has 1 aliphatic rings. The number of carboxylic acids is 1. The zero-order valence-electron chi connectivity index (χ0n) is 12.5. The van der Waals surface area contributed by atoms with E-state index in [2.05, 4.69) is 4.98 Å². The second-order valence-electron chi connectivity index (χ2n) is 5.53. The van der Waals surface area contributed by atoms with Crippen molar-refractivity contribution in [2.45, 2.75) is 19.0 Å². The Morgan fingerprint density at radius 3 is 2.42 bits per heavy atom. The van der Waals surface area contributed by atoms with E-state index in [1.807, 2.05) is 0 Å². The largest absolute Gasteiger partial charge is 0.481 e. The molecular weight excluding hydrogens is 329 g/mol. The van der Waals surface area contributed by atoms with Crippen molar-refractivity contribution in [3.05, 3.63) is 30.1 Å². The van der Waals surface area contributed by atoms with Crippen LogP contribution in [0.25, 0.3) is 0 Å². The minimum atomic E-state index is -4.69. The summed E-state index contributed by atoms with van der Waals surface area (Å²) in [5.74, 6) is -6.43. The Kier molecular flexibility index (Phi) is 5.20. The maximum Gasteiger partial charge on any atom is 0.394 e. The van der Waals surface area contributed by atoms with Gasteiger partial charge in [-0.25, -0.2) is 0 Å². The number of carbonyl (C=O) groups is 3. The van der Waals surface area contributed by atoms with Crippen molar-refractivity contribution < 1.29 is 32.7 Å². The van der Waals surface area contributed by atoms with Crippen LogP contribution < -0.4 is 0 Å². The van der Waals surface area contributed by atoms with Crippen LogP contribution in [-0.4, -0.2) is 51.9 Å². The Morgan fingerprint density at radius 1 is 1.21 bits per heavy atom. The maximum atomic E-state index is 12.9. The zero-order valence-corrected chi connectivity index (χ0v) is 12.5. The smallest absolute Gasteiger partial charge is 0.394 e. The maximum absolute atomic E-state index is 12.9. The van der Waals surface area contributed by atoms with Gasteiger partial charge in [-0.05, 0) is 12.1 Å². The minimum absolute atomic E-state index is 0.170. The van der Waals surface area contributed by atoms with E-state index in [1.54, 1.807) is 12.1 Å². The number of alkyl halides is 3. The first-order valence-corrected chi connectivity index (χ1v) is 7.21. The Bertz CT molecular complexity index is 633. The number of aromatic nitrogens is 1. The van der Waals surface area contributed by atoms with E-state index in [4.69, 9.17) is 5.11 Å². The first-order valence-electron chi connectivity index (χ1n) is 7.21. The monoisotopic (exact) mass is 344 g/mol. The molecule has 1 aliphatic heterocycles. The van der Waals surface area contributed by atoms with Gasteiger partial charge in [0, 0.05) is 32.1 Å². The fraction of sp³-hybridized carbons (Fsp3) is 0.467. The van der Waals surface area contributed by atoms with E-state index in [0.29, 0.717) is 0 Å². The normalized spacial score (nSPS) is 20.9. The third-order valence-corrected chi connectivity index (χ3v) is 3.93. The van der Waals surface area contributed by atoms with E-state index in [0.717, 1.165) is 4.90 Å². The van der Waals surface area contributed by atoms with Crippen molar-refractivity contribution in [2.75, 3.05) is 13.1 Å². The fourth-order valence-electron chi connectivity index (χ4n) is 2.62. The summed E-state index contributed by atoms with van der Waals surface area (Å²) in [7, 11) is 0. The Balaban J connectivity index is 1.96. The van der Waals surface area contributed by atoms with Gasteiger partial charge in [0.25, 0.3) is 0 Å². The number of carboxylic acid groups (broad SMARTS) is 1. The highest BCUT2D eigenvalue weighted by atomic mass is 19.4. The number of nitrogens with zero attached hydrogens (tertiary/aromatic N) is 2. The highest BCUT2D eigenvalue weighted by molar-refractivity contribution is 5.96. The average Bonchev–Trinajstić information content (AvgIpc) is 2.99. The Hall–Kier alpha value is -2.45. The van der Waals surface area contributed by atoms with Gasteiger partial charge in [0.2, 0.25) is 5.91 Å². The molecule has 2 rings (SSSR count). The van der Waals surface area contributed by atoms with E-state index >= 15 is 0 Å². The molecule has 0 aliphatic carbocycles. The summed E-state index contributed by atoms with van der Waals surface area (Å²) in [6.07, 6.45) is -3.75. The van der Waals surface area contributed by atoms with Gasteiger partial charge in [0.15, 0.2) is 5.78 Å². The molecule has 0 bridgehead atoms. The van der Waals surface area contributed by atoms with Crippen molar-refractivity contribution in [2.24, 2.45) is 11.8 Å². The molecule has 1 saturated heterocycles.